The van der Waals surface area contributed by atoms with E-state index in [1.54, 1.807) is 0 Å². The monoisotopic (exact) mass is 254 g/mol. The Hall–Kier alpha value is -0.210. The third-order valence-electron chi connectivity index (χ3n) is 2.00. The van der Waals surface area contributed by atoms with Gasteiger partial charge in [0.25, 0.3) is 10.2 Å². The van der Waals surface area contributed by atoms with E-state index < -0.39 is 22.9 Å². The standard InChI is InChI=1S/C9H22N2O4S/c1-3-5-11(6-4-2)16(14,15)10-7-9(13)8-12/h9-10,12-13H,3-8H2,1-2H3. The Kier molecular flexibility index (Phi) is 7.86. The van der Waals surface area contributed by atoms with Crippen molar-refractivity contribution in [1.82, 2.24) is 9.03 Å². The number of aliphatic hydroxyl groups excluding tert-OH is 2. The zero-order valence-electron chi connectivity index (χ0n) is 9.89. The molecule has 0 saturated heterocycles. The highest BCUT2D eigenvalue weighted by molar-refractivity contribution is 7.87. The molecule has 7 heteroatoms. The largest absolute Gasteiger partial charge is 0.394 e. The van der Waals surface area contributed by atoms with Crippen molar-refractivity contribution in [1.29, 1.82) is 0 Å². The van der Waals surface area contributed by atoms with Gasteiger partial charge in [-0.1, -0.05) is 13.8 Å². The summed E-state index contributed by atoms with van der Waals surface area (Å²) in [5.74, 6) is 0. The molecule has 0 radical (unpaired) electrons. The van der Waals surface area contributed by atoms with E-state index in [0.29, 0.717) is 13.1 Å². The van der Waals surface area contributed by atoms with Crippen molar-refractivity contribution in [2.75, 3.05) is 26.2 Å². The maximum Gasteiger partial charge on any atom is 0.279 e. The van der Waals surface area contributed by atoms with E-state index in [0.717, 1.165) is 12.8 Å². The molecule has 0 aromatic rings. The maximum absolute atomic E-state index is 11.8. The van der Waals surface area contributed by atoms with Crippen LogP contribution in [0.25, 0.3) is 0 Å². The highest BCUT2D eigenvalue weighted by Crippen LogP contribution is 2.01. The van der Waals surface area contributed by atoms with E-state index in [9.17, 15) is 8.42 Å². The zero-order valence-corrected chi connectivity index (χ0v) is 10.7. The van der Waals surface area contributed by atoms with Crippen LogP contribution in [0.5, 0.6) is 0 Å². The van der Waals surface area contributed by atoms with Crippen LogP contribution in [0.4, 0.5) is 0 Å². The predicted octanol–water partition coefficient (Wildman–Crippen LogP) is -0.704. The molecule has 0 spiro atoms. The Bertz CT molecular complexity index is 263. The lowest BCUT2D eigenvalue weighted by Gasteiger charge is -2.21. The third kappa shape index (κ3) is 5.76. The first-order valence-corrected chi connectivity index (χ1v) is 6.95. The second-order valence-corrected chi connectivity index (χ2v) is 5.34. The lowest BCUT2D eigenvalue weighted by atomic mass is 10.4. The molecule has 0 saturated carbocycles. The number of hydrogen-bond acceptors (Lipinski definition) is 4. The van der Waals surface area contributed by atoms with Gasteiger partial charge in [0.05, 0.1) is 12.7 Å². The number of aliphatic hydroxyl groups is 2. The smallest absolute Gasteiger partial charge is 0.279 e. The van der Waals surface area contributed by atoms with Gasteiger partial charge in [-0.05, 0) is 12.8 Å². The average Bonchev–Trinajstić information content (AvgIpc) is 2.25. The van der Waals surface area contributed by atoms with Gasteiger partial charge in [-0.2, -0.15) is 17.4 Å². The molecule has 0 fully saturated rings. The van der Waals surface area contributed by atoms with Crippen molar-refractivity contribution in [3.8, 4) is 0 Å². The predicted molar refractivity (Wildman–Crippen MR) is 62.2 cm³/mol. The minimum absolute atomic E-state index is 0.164. The molecule has 0 amide bonds. The second-order valence-electron chi connectivity index (χ2n) is 3.59. The molecule has 0 aliphatic heterocycles. The molecule has 0 aliphatic carbocycles. The fraction of sp³-hybridized carbons (Fsp3) is 1.00. The van der Waals surface area contributed by atoms with Gasteiger partial charge in [-0.25, -0.2) is 0 Å². The summed E-state index contributed by atoms with van der Waals surface area (Å²) in [6.45, 7) is 4.10. The van der Waals surface area contributed by atoms with Crippen LogP contribution in [-0.4, -0.2) is 55.3 Å². The first kappa shape index (κ1) is 15.8. The number of nitrogens with one attached hydrogen (secondary N) is 1. The van der Waals surface area contributed by atoms with Crippen LogP contribution in [0, 0.1) is 0 Å². The highest BCUT2D eigenvalue weighted by Gasteiger charge is 2.20. The van der Waals surface area contributed by atoms with Crippen LogP contribution < -0.4 is 4.72 Å². The van der Waals surface area contributed by atoms with Crippen molar-refractivity contribution in [2.24, 2.45) is 0 Å². The fourth-order valence-electron chi connectivity index (χ4n) is 1.21. The van der Waals surface area contributed by atoms with Gasteiger partial charge in [0.15, 0.2) is 0 Å². The van der Waals surface area contributed by atoms with Gasteiger partial charge in [0.1, 0.15) is 0 Å². The molecular formula is C9H22N2O4S. The van der Waals surface area contributed by atoms with Gasteiger partial charge >= 0.3 is 0 Å². The second kappa shape index (κ2) is 7.97. The van der Waals surface area contributed by atoms with E-state index >= 15 is 0 Å². The molecule has 98 valence electrons. The summed E-state index contributed by atoms with van der Waals surface area (Å²) in [5, 5.41) is 17.6. The van der Waals surface area contributed by atoms with E-state index in [4.69, 9.17) is 10.2 Å². The Morgan fingerprint density at radius 1 is 1.25 bits per heavy atom. The molecule has 3 N–H and O–H groups in total. The molecule has 1 unspecified atom stereocenters. The first-order chi connectivity index (χ1) is 7.47. The number of hydrogen-bond donors (Lipinski definition) is 3. The first-order valence-electron chi connectivity index (χ1n) is 5.51. The Morgan fingerprint density at radius 2 is 1.75 bits per heavy atom. The van der Waals surface area contributed by atoms with Gasteiger partial charge in [0.2, 0.25) is 0 Å². The molecule has 0 aromatic carbocycles. The van der Waals surface area contributed by atoms with E-state index in [1.807, 2.05) is 13.8 Å². The van der Waals surface area contributed by atoms with Crippen molar-refractivity contribution in [3.63, 3.8) is 0 Å². The van der Waals surface area contributed by atoms with Crippen molar-refractivity contribution in [3.05, 3.63) is 0 Å². The summed E-state index contributed by atoms with van der Waals surface area (Å²) in [5.41, 5.74) is 0. The van der Waals surface area contributed by atoms with Gasteiger partial charge in [-0.15, -0.1) is 0 Å². The summed E-state index contributed by atoms with van der Waals surface area (Å²) in [4.78, 5) is 0. The van der Waals surface area contributed by atoms with Crippen molar-refractivity contribution in [2.45, 2.75) is 32.8 Å². The quantitative estimate of drug-likeness (QED) is 0.507. The van der Waals surface area contributed by atoms with Crippen LogP contribution in [0.15, 0.2) is 0 Å². The summed E-state index contributed by atoms with van der Waals surface area (Å²) in [6, 6.07) is 0. The van der Waals surface area contributed by atoms with Crippen LogP contribution in [-0.2, 0) is 10.2 Å². The molecule has 0 aliphatic rings. The zero-order chi connectivity index (χ0) is 12.6. The summed E-state index contributed by atoms with van der Waals surface area (Å²) in [6.07, 6.45) is 0.423. The highest BCUT2D eigenvalue weighted by atomic mass is 32.2. The molecule has 0 rings (SSSR count). The summed E-state index contributed by atoms with van der Waals surface area (Å²) < 4.78 is 27.1. The molecule has 0 aromatic heterocycles. The molecule has 6 nitrogen and oxygen atoms in total. The average molecular weight is 254 g/mol. The van der Waals surface area contributed by atoms with E-state index in [1.165, 1.54) is 4.31 Å². The van der Waals surface area contributed by atoms with Crippen LogP contribution in [0.2, 0.25) is 0 Å². The Labute approximate surface area is 97.5 Å². The SMILES string of the molecule is CCCN(CCC)S(=O)(=O)NCC(O)CO. The van der Waals surface area contributed by atoms with Crippen LogP contribution in [0.1, 0.15) is 26.7 Å². The number of nitrogens with zero attached hydrogens (tertiary/aromatic N) is 1. The fourth-order valence-corrected chi connectivity index (χ4v) is 2.64. The normalized spacial score (nSPS) is 14.3. The molecule has 0 heterocycles. The molecule has 1 atom stereocenters. The molecular weight excluding hydrogens is 232 g/mol. The Balaban J connectivity index is 4.35. The van der Waals surface area contributed by atoms with E-state index in [2.05, 4.69) is 4.72 Å². The summed E-state index contributed by atoms with van der Waals surface area (Å²) >= 11 is 0. The van der Waals surface area contributed by atoms with Gasteiger partial charge in [0, 0.05) is 19.6 Å². The van der Waals surface area contributed by atoms with Crippen molar-refractivity contribution >= 4 is 10.2 Å². The summed E-state index contributed by atoms with van der Waals surface area (Å²) in [7, 11) is -3.54. The minimum Gasteiger partial charge on any atom is -0.394 e. The van der Waals surface area contributed by atoms with Gasteiger partial charge in [-0.3, -0.25) is 0 Å². The van der Waals surface area contributed by atoms with E-state index in [-0.39, 0.29) is 6.54 Å². The van der Waals surface area contributed by atoms with Crippen LogP contribution in [0.3, 0.4) is 0 Å². The third-order valence-corrected chi connectivity index (χ3v) is 3.57. The van der Waals surface area contributed by atoms with Crippen LogP contribution >= 0.6 is 0 Å². The van der Waals surface area contributed by atoms with Crippen molar-refractivity contribution < 1.29 is 18.6 Å². The molecule has 16 heavy (non-hydrogen) atoms. The minimum atomic E-state index is -3.54. The van der Waals surface area contributed by atoms with Gasteiger partial charge < -0.3 is 10.2 Å². The Morgan fingerprint density at radius 3 is 2.12 bits per heavy atom. The maximum atomic E-state index is 11.8. The lowest BCUT2D eigenvalue weighted by Crippen LogP contribution is -2.44. The molecule has 0 bridgehead atoms. The number of rotatable bonds is 9. The topological polar surface area (TPSA) is 89.9 Å². The lowest BCUT2D eigenvalue weighted by molar-refractivity contribution is 0.0984.